The molecule has 1 atom stereocenters. The van der Waals surface area contributed by atoms with Gasteiger partial charge in [0.15, 0.2) is 0 Å². The minimum atomic E-state index is -5.70. The molecule has 0 N–H and O–H groups in total. The van der Waals surface area contributed by atoms with Gasteiger partial charge in [0.1, 0.15) is 0 Å². The van der Waals surface area contributed by atoms with Crippen molar-refractivity contribution in [1.29, 1.82) is 0 Å². The first-order valence-corrected chi connectivity index (χ1v) is 4.55. The zero-order valence-electron chi connectivity index (χ0n) is 6.87. The molecule has 0 aliphatic heterocycles. The predicted molar refractivity (Wildman–Crippen MR) is 25.4 cm³/mol. The normalized spacial score (nSPS) is 16.7. The van der Waals surface area contributed by atoms with Crippen molar-refractivity contribution in [2.45, 2.75) is 0 Å². The summed E-state index contributed by atoms with van der Waals surface area (Å²) in [6.07, 6.45) is 0. The second-order valence-corrected chi connectivity index (χ2v) is 3.64. The van der Waals surface area contributed by atoms with Gasteiger partial charge in [0.25, 0.3) is 7.82 Å². The molecule has 0 rings (SSSR count). The number of rotatable bonds is 3. The summed E-state index contributed by atoms with van der Waals surface area (Å²) in [5, 5.41) is 9.03. The molecule has 1 unspecified atom stereocenters. The molecule has 0 aromatic heterocycles. The van der Waals surface area contributed by atoms with Gasteiger partial charge in [-0.25, -0.2) is 0 Å². The number of hydrogen-bond acceptors (Lipinski definition) is 8. The Balaban J connectivity index is -0.000000135. The first-order valence-electron chi connectivity index (χ1n) is 1.63. The summed E-state index contributed by atoms with van der Waals surface area (Å²) < 4.78 is 24.1. The summed E-state index contributed by atoms with van der Waals surface area (Å²) in [5.74, 6) is 0. The van der Waals surface area contributed by atoms with E-state index in [4.69, 9.17) is 5.26 Å². The van der Waals surface area contributed by atoms with Crippen molar-refractivity contribution >= 4 is 64.5 Å². The summed E-state index contributed by atoms with van der Waals surface area (Å²) in [7, 11) is -11.2. The van der Waals surface area contributed by atoms with E-state index in [0.717, 1.165) is 0 Å². The minimum Gasteiger partial charge on any atom is -0.790 e. The van der Waals surface area contributed by atoms with Gasteiger partial charge in [-0.3, -0.25) is 8.88 Å². The van der Waals surface area contributed by atoms with Crippen LogP contribution in [0.2, 0.25) is 0 Å². The molecule has 62 valence electrons. The maximum atomic E-state index is 9.71. The van der Waals surface area contributed by atoms with Crippen LogP contribution in [-0.2, 0) is 18.1 Å². The zero-order valence-corrected chi connectivity index (χ0v) is 11.1. The van der Waals surface area contributed by atoms with Crippen LogP contribution >= 0.6 is 15.6 Å². The predicted octanol–water partition coefficient (Wildman–Crippen LogP) is -3.56. The molecule has 0 spiro atoms. The van der Waals surface area contributed by atoms with E-state index in [2.05, 4.69) is 8.99 Å². The van der Waals surface area contributed by atoms with Gasteiger partial charge in [-0.1, -0.05) is 0 Å². The van der Waals surface area contributed by atoms with Gasteiger partial charge in [0, 0.05) is 0 Å². The van der Waals surface area contributed by atoms with E-state index < -0.39 is 15.6 Å². The quantitative estimate of drug-likeness (QED) is 0.224. The second-order valence-electron chi connectivity index (χ2n) is 1.05. The van der Waals surface area contributed by atoms with Crippen molar-refractivity contribution in [2.24, 2.45) is 0 Å². The molecule has 0 bridgehead atoms. The molecule has 0 saturated heterocycles. The van der Waals surface area contributed by atoms with E-state index in [1.54, 1.807) is 0 Å². The van der Waals surface area contributed by atoms with Crippen LogP contribution in [0.5, 0.6) is 0 Å². The van der Waals surface area contributed by atoms with Gasteiger partial charge in [0.2, 0.25) is 0 Å². The maximum absolute atomic E-state index is 9.71. The van der Waals surface area contributed by atoms with Crippen molar-refractivity contribution in [3.05, 3.63) is 0 Å². The van der Waals surface area contributed by atoms with Crippen LogP contribution in [0, 0.1) is 0 Å². The maximum Gasteiger partial charge on any atom is 2.00 e. The Morgan fingerprint density at radius 1 is 1.18 bits per heavy atom. The molecule has 8 nitrogen and oxygen atoms in total. The van der Waals surface area contributed by atoms with E-state index in [1.807, 2.05) is 0 Å². The molecular formula is H2BaO8P2. The van der Waals surface area contributed by atoms with E-state index in [-0.39, 0.29) is 51.7 Å². The van der Waals surface area contributed by atoms with Gasteiger partial charge in [-0.2, -0.15) is 0 Å². The summed E-state index contributed by atoms with van der Waals surface area (Å²) in [5.41, 5.74) is 0. The van der Waals surface area contributed by atoms with Crippen LogP contribution in [0.1, 0.15) is 2.85 Å². The Kier molecular flexibility index (Phi) is 7.65. The van der Waals surface area contributed by atoms with Gasteiger partial charge < -0.3 is 29.2 Å². The molecule has 0 aliphatic carbocycles. The van der Waals surface area contributed by atoms with Gasteiger partial charge in [0.05, 0.1) is 7.82 Å². The fourth-order valence-electron chi connectivity index (χ4n) is 0.136. The molecule has 0 saturated carbocycles. The standard InChI is InChI=1S/Ba.H4O8P2/c;1-7-10(5,6)8-9(2,3)4/h;1H,(H,5,6)(H2,2,3,4)/q+2;/p-2. The van der Waals surface area contributed by atoms with Crippen LogP contribution in [0.3, 0.4) is 0 Å². The SMILES string of the molecule is O=P([O-])([O-])OP(=O)([O-])O[O-].[Ba+2].[H+].[H+]. The van der Waals surface area contributed by atoms with Gasteiger partial charge in [-0.05, 0) is 0 Å². The van der Waals surface area contributed by atoms with Crippen LogP contribution in [-0.4, -0.2) is 48.9 Å². The Bertz CT molecular complexity index is 198. The van der Waals surface area contributed by atoms with E-state index in [0.29, 0.717) is 0 Å². The first-order chi connectivity index (χ1) is 4.27. The van der Waals surface area contributed by atoms with Crippen LogP contribution in [0.15, 0.2) is 0 Å². The largest absolute Gasteiger partial charge is 2.00 e. The third-order valence-corrected chi connectivity index (χ3v) is 2.07. The average Bonchev–Trinajstić information content (AvgIpc) is 1.60. The molecule has 0 amide bonds. The Labute approximate surface area is 104 Å². The minimum absolute atomic E-state index is 0. The van der Waals surface area contributed by atoms with Crippen molar-refractivity contribution < 1.29 is 40.9 Å². The molecule has 0 fully saturated rings. The Morgan fingerprint density at radius 3 is 1.64 bits per heavy atom. The molecule has 0 aromatic carbocycles. The number of hydrogen-bond donors (Lipinski definition) is 0. The molecule has 0 heterocycles. The third-order valence-electron chi connectivity index (χ3n) is 0.291. The molecular weight excluding hydrogens is 327 g/mol. The monoisotopic (exact) mass is 330 g/mol. The van der Waals surface area contributed by atoms with Crippen molar-refractivity contribution in [1.82, 2.24) is 0 Å². The summed E-state index contributed by atoms with van der Waals surface area (Å²) >= 11 is 0. The van der Waals surface area contributed by atoms with Gasteiger partial charge >= 0.3 is 51.7 Å². The molecule has 0 radical (unpaired) electrons. The fourth-order valence-corrected chi connectivity index (χ4v) is 1.22. The number of phosphoric acid groups is 2. The van der Waals surface area contributed by atoms with Crippen molar-refractivity contribution in [3.63, 3.8) is 0 Å². The fraction of sp³-hybridized carbons (Fsp3) is 0. The van der Waals surface area contributed by atoms with Crippen LogP contribution in [0.25, 0.3) is 0 Å². The molecule has 0 aliphatic rings. The first kappa shape index (κ1) is 15.3. The van der Waals surface area contributed by atoms with E-state index in [1.165, 1.54) is 0 Å². The third kappa shape index (κ3) is 9.71. The topological polar surface area (TPSA) is 145 Å². The molecule has 11 heavy (non-hydrogen) atoms. The Morgan fingerprint density at radius 2 is 1.55 bits per heavy atom. The zero-order chi connectivity index (χ0) is 8.41. The van der Waals surface area contributed by atoms with Crippen molar-refractivity contribution in [3.8, 4) is 0 Å². The van der Waals surface area contributed by atoms with E-state index in [9.17, 15) is 23.8 Å². The smallest absolute Gasteiger partial charge is 0.790 e. The van der Waals surface area contributed by atoms with Crippen LogP contribution in [0.4, 0.5) is 0 Å². The average molecular weight is 329 g/mol. The second kappa shape index (κ2) is 5.51. The Hall–Kier alpha value is 1.79. The van der Waals surface area contributed by atoms with E-state index >= 15 is 0 Å². The van der Waals surface area contributed by atoms with Crippen LogP contribution < -0.4 is 19.9 Å². The molecule has 11 heteroatoms. The molecule has 0 aromatic rings. The summed E-state index contributed by atoms with van der Waals surface area (Å²) in [6.45, 7) is 0. The summed E-state index contributed by atoms with van der Waals surface area (Å²) in [6, 6.07) is 0. The summed E-state index contributed by atoms with van der Waals surface area (Å²) in [4.78, 5) is 28.6. The van der Waals surface area contributed by atoms with Gasteiger partial charge in [-0.15, -0.1) is 0 Å². The van der Waals surface area contributed by atoms with Crippen molar-refractivity contribution in [2.75, 3.05) is 0 Å².